The van der Waals surface area contributed by atoms with Crippen molar-refractivity contribution in [1.82, 2.24) is 20.1 Å². The lowest BCUT2D eigenvalue weighted by atomic mass is 9.92. The Balaban J connectivity index is 1.13. The number of anilines is 2. The van der Waals surface area contributed by atoms with E-state index >= 15 is 4.39 Å². The standard InChI is InChI=1S/C29H28F7N7O4S/c1-17-2-7-23(46-15-28(31,32)33)22(12-17)43-24(44)14-48-27(43)39-26(45)37-13-21(30)18-8-10-41(11-9-18)25-38-16-42(40-25)19-3-5-20(6-4-19)47-29(34,35)36/h2-7,12,16,18,21H,8-11,13-15H2,1H3,(H,37,45)/b39-27-. The molecule has 5 rings (SSSR count). The van der Waals surface area contributed by atoms with Gasteiger partial charge in [-0.1, -0.05) is 17.8 Å². The van der Waals surface area contributed by atoms with E-state index in [0.717, 1.165) is 28.8 Å². The predicted octanol–water partition coefficient (Wildman–Crippen LogP) is 5.82. The zero-order valence-electron chi connectivity index (χ0n) is 25.1. The maximum absolute atomic E-state index is 15.2. The fourth-order valence-electron chi connectivity index (χ4n) is 5.03. The van der Waals surface area contributed by atoms with Crippen LogP contribution in [-0.4, -0.2) is 82.6 Å². The number of aromatic nitrogens is 3. The first-order valence-corrected chi connectivity index (χ1v) is 15.4. The maximum atomic E-state index is 15.2. The summed E-state index contributed by atoms with van der Waals surface area (Å²) in [4.78, 5) is 36.3. The van der Waals surface area contributed by atoms with Gasteiger partial charge in [0.25, 0.3) is 0 Å². The number of hydrogen-bond donors (Lipinski definition) is 1. The van der Waals surface area contributed by atoms with Gasteiger partial charge in [-0.2, -0.15) is 23.1 Å². The molecule has 0 bridgehead atoms. The molecule has 3 amide bonds. The molecular formula is C29H28F7N7O4S. The second-order valence-electron chi connectivity index (χ2n) is 10.8. The number of thioether (sulfide) groups is 1. The van der Waals surface area contributed by atoms with E-state index in [1.54, 1.807) is 6.92 Å². The summed E-state index contributed by atoms with van der Waals surface area (Å²) >= 11 is 0.911. The number of ether oxygens (including phenoxy) is 2. The molecule has 2 aliphatic heterocycles. The van der Waals surface area contributed by atoms with E-state index in [9.17, 15) is 35.9 Å². The Bertz CT molecular complexity index is 1640. The minimum Gasteiger partial charge on any atom is -0.482 e. The summed E-state index contributed by atoms with van der Waals surface area (Å²) in [6.07, 6.45) is -8.61. The number of halogens is 7. The van der Waals surface area contributed by atoms with Crippen LogP contribution in [0.15, 0.2) is 53.8 Å². The van der Waals surface area contributed by atoms with Crippen molar-refractivity contribution in [2.45, 2.75) is 38.5 Å². The topological polar surface area (TPSA) is 114 Å². The van der Waals surface area contributed by atoms with E-state index in [1.807, 2.05) is 4.90 Å². The first-order chi connectivity index (χ1) is 22.6. The molecule has 3 aromatic rings. The first-order valence-electron chi connectivity index (χ1n) is 14.4. The number of aliphatic imine (C=N–C) groups is 1. The van der Waals surface area contributed by atoms with Gasteiger partial charge in [0.1, 0.15) is 24.0 Å². The Hall–Kier alpha value is -4.55. The summed E-state index contributed by atoms with van der Waals surface area (Å²) in [6.45, 7) is 0.554. The van der Waals surface area contributed by atoms with Gasteiger partial charge in [0, 0.05) is 13.1 Å². The smallest absolute Gasteiger partial charge is 0.482 e. The van der Waals surface area contributed by atoms with Crippen LogP contribution < -0.4 is 24.6 Å². The summed E-state index contributed by atoms with van der Waals surface area (Å²) in [7, 11) is 0. The fraction of sp³-hybridized carbons (Fsp3) is 0.414. The van der Waals surface area contributed by atoms with E-state index in [-0.39, 0.29) is 34.7 Å². The number of aryl methyl sites for hydroxylation is 1. The quantitative estimate of drug-likeness (QED) is 0.278. The number of benzene rings is 2. The first kappa shape index (κ1) is 34.8. The highest BCUT2D eigenvalue weighted by atomic mass is 32.2. The van der Waals surface area contributed by atoms with Gasteiger partial charge in [-0.3, -0.25) is 9.69 Å². The molecule has 19 heteroatoms. The van der Waals surface area contributed by atoms with Gasteiger partial charge in [-0.25, -0.2) is 13.9 Å². The predicted molar refractivity (Wildman–Crippen MR) is 161 cm³/mol. The molecule has 258 valence electrons. The lowest BCUT2D eigenvalue weighted by Gasteiger charge is -2.32. The molecule has 0 aliphatic carbocycles. The molecule has 1 aromatic heterocycles. The zero-order valence-corrected chi connectivity index (χ0v) is 25.9. The van der Waals surface area contributed by atoms with Crippen LogP contribution in [0.3, 0.4) is 0 Å². The van der Waals surface area contributed by atoms with Crippen LogP contribution >= 0.6 is 11.8 Å². The Morgan fingerprint density at radius 2 is 1.81 bits per heavy atom. The highest BCUT2D eigenvalue weighted by molar-refractivity contribution is 8.15. The van der Waals surface area contributed by atoms with E-state index in [0.29, 0.717) is 43.1 Å². The molecule has 0 saturated carbocycles. The van der Waals surface area contributed by atoms with Crippen LogP contribution in [0, 0.1) is 12.8 Å². The van der Waals surface area contributed by atoms with Gasteiger partial charge in [-0.05, 0) is 67.6 Å². The van der Waals surface area contributed by atoms with Crippen molar-refractivity contribution in [2.75, 3.05) is 41.8 Å². The number of hydrogen-bond acceptors (Lipinski definition) is 8. The highest BCUT2D eigenvalue weighted by Gasteiger charge is 2.35. The van der Waals surface area contributed by atoms with E-state index < -0.39 is 43.2 Å². The largest absolute Gasteiger partial charge is 0.573 e. The van der Waals surface area contributed by atoms with Crippen molar-refractivity contribution in [3.05, 3.63) is 54.4 Å². The molecule has 2 saturated heterocycles. The Morgan fingerprint density at radius 1 is 1.10 bits per heavy atom. The zero-order chi connectivity index (χ0) is 34.6. The SMILES string of the molecule is Cc1ccc(OCC(F)(F)F)c(N2C(=O)CS/C2=N\C(=O)NCC(F)C2CCN(c3ncn(-c4ccc(OC(F)(F)F)cc4)n3)CC2)c1. The number of carbonyl (C=O) groups is 2. The molecule has 2 fully saturated rings. The van der Waals surface area contributed by atoms with Crippen molar-refractivity contribution in [1.29, 1.82) is 0 Å². The van der Waals surface area contributed by atoms with Crippen LogP contribution in [0.1, 0.15) is 18.4 Å². The summed E-state index contributed by atoms with van der Waals surface area (Å²) in [5, 5.41) is 6.68. The van der Waals surface area contributed by atoms with E-state index in [4.69, 9.17) is 4.74 Å². The number of nitrogens with one attached hydrogen (secondary N) is 1. The number of urea groups is 1. The van der Waals surface area contributed by atoms with Crippen molar-refractivity contribution in [3.8, 4) is 17.2 Å². The number of amidine groups is 1. The molecule has 2 aliphatic rings. The van der Waals surface area contributed by atoms with Gasteiger partial charge in [0.15, 0.2) is 11.8 Å². The maximum Gasteiger partial charge on any atom is 0.573 e. The van der Waals surface area contributed by atoms with Gasteiger partial charge in [-0.15, -0.1) is 18.3 Å². The normalized spacial score (nSPS) is 17.6. The van der Waals surface area contributed by atoms with Crippen LogP contribution in [0.2, 0.25) is 0 Å². The number of rotatable bonds is 9. The minimum atomic E-state index is -4.81. The molecule has 11 nitrogen and oxygen atoms in total. The molecule has 3 heterocycles. The van der Waals surface area contributed by atoms with Crippen molar-refractivity contribution < 1.29 is 49.8 Å². The summed E-state index contributed by atoms with van der Waals surface area (Å²) in [5.41, 5.74) is 1.09. The number of carbonyl (C=O) groups excluding carboxylic acids is 2. The second kappa shape index (κ2) is 14.3. The number of alkyl halides is 7. The third-order valence-electron chi connectivity index (χ3n) is 7.31. The van der Waals surface area contributed by atoms with Crippen LogP contribution in [0.4, 0.5) is 47.2 Å². The molecule has 2 aromatic carbocycles. The third kappa shape index (κ3) is 9.07. The van der Waals surface area contributed by atoms with Gasteiger partial charge in [0.05, 0.1) is 23.7 Å². The molecule has 0 spiro atoms. The van der Waals surface area contributed by atoms with Gasteiger partial charge in [0.2, 0.25) is 11.9 Å². The molecule has 0 radical (unpaired) electrons. The average Bonchev–Trinajstić information content (AvgIpc) is 3.65. The number of piperidine rings is 1. The minimum absolute atomic E-state index is 0.00342. The van der Waals surface area contributed by atoms with Crippen LogP contribution in [-0.2, 0) is 4.79 Å². The van der Waals surface area contributed by atoms with Crippen molar-refractivity contribution in [3.63, 3.8) is 0 Å². The van der Waals surface area contributed by atoms with E-state index in [2.05, 4.69) is 25.1 Å². The molecule has 1 N–H and O–H groups in total. The van der Waals surface area contributed by atoms with Crippen LogP contribution in [0.25, 0.3) is 5.69 Å². The number of nitrogens with zero attached hydrogens (tertiary/aromatic N) is 6. The fourth-order valence-corrected chi connectivity index (χ4v) is 5.89. The lowest BCUT2D eigenvalue weighted by Crippen LogP contribution is -2.41. The van der Waals surface area contributed by atoms with E-state index in [1.165, 1.54) is 41.3 Å². The average molecular weight is 704 g/mol. The van der Waals surface area contributed by atoms with Crippen molar-refractivity contribution >= 4 is 40.5 Å². The monoisotopic (exact) mass is 703 g/mol. The molecule has 1 atom stereocenters. The summed E-state index contributed by atoms with van der Waals surface area (Å²) < 4.78 is 101. The third-order valence-corrected chi connectivity index (χ3v) is 8.23. The molecule has 1 unspecified atom stereocenters. The Morgan fingerprint density at radius 3 is 2.48 bits per heavy atom. The Labute approximate surface area is 273 Å². The highest BCUT2D eigenvalue weighted by Crippen LogP contribution is 2.36. The van der Waals surface area contributed by atoms with Gasteiger partial charge < -0.3 is 19.7 Å². The number of amides is 3. The lowest BCUT2D eigenvalue weighted by molar-refractivity contribution is -0.274. The Kier molecular flexibility index (Phi) is 10.4. The van der Waals surface area contributed by atoms with Crippen LogP contribution in [0.5, 0.6) is 11.5 Å². The molecular weight excluding hydrogens is 675 g/mol. The van der Waals surface area contributed by atoms with Gasteiger partial charge >= 0.3 is 18.6 Å². The van der Waals surface area contributed by atoms with Crippen molar-refractivity contribution in [2.24, 2.45) is 10.9 Å². The molecule has 48 heavy (non-hydrogen) atoms. The summed E-state index contributed by atoms with van der Waals surface area (Å²) in [5.74, 6) is -1.26. The summed E-state index contributed by atoms with van der Waals surface area (Å²) in [6, 6.07) is 8.44. The second-order valence-corrected chi connectivity index (χ2v) is 11.8.